The van der Waals surface area contributed by atoms with Crippen LogP contribution in [0, 0.1) is 0 Å². The lowest BCUT2D eigenvalue weighted by molar-refractivity contribution is -0.136. The molecule has 0 aliphatic rings. The Morgan fingerprint density at radius 3 is 2.35 bits per heavy atom. The molecule has 2 aromatic heterocycles. The van der Waals surface area contributed by atoms with Crippen molar-refractivity contribution in [1.29, 1.82) is 0 Å². The van der Waals surface area contributed by atoms with E-state index in [9.17, 15) is 17.4 Å². The van der Waals surface area contributed by atoms with Crippen LogP contribution < -0.4 is 4.74 Å². The Morgan fingerprint density at radius 1 is 0.892 bits per heavy atom. The van der Waals surface area contributed by atoms with Crippen LogP contribution in [0.15, 0.2) is 102 Å². The van der Waals surface area contributed by atoms with E-state index < -0.39 is 22.5 Å². The molecule has 1 atom stereocenters. The average Bonchev–Trinajstić information content (AvgIpc) is 3.26. The van der Waals surface area contributed by atoms with Gasteiger partial charge in [-0.3, -0.25) is 8.61 Å². The number of imidazole rings is 1. The van der Waals surface area contributed by atoms with Crippen molar-refractivity contribution in [3.05, 3.63) is 114 Å². The van der Waals surface area contributed by atoms with Gasteiger partial charge in [-0.2, -0.15) is 13.2 Å². The highest BCUT2D eigenvalue weighted by atomic mass is 32.2. The van der Waals surface area contributed by atoms with E-state index in [1.165, 1.54) is 10.5 Å². The fraction of sp³-hybridized carbons (Fsp3) is 0.138. The zero-order valence-corrected chi connectivity index (χ0v) is 20.7. The van der Waals surface area contributed by atoms with Crippen LogP contribution in [0.25, 0.3) is 16.9 Å². The van der Waals surface area contributed by atoms with Crippen molar-refractivity contribution >= 4 is 16.4 Å². The molecule has 0 saturated heterocycles. The summed E-state index contributed by atoms with van der Waals surface area (Å²) < 4.78 is 61.2. The summed E-state index contributed by atoms with van der Waals surface area (Å²) in [5.74, 6) is 1.53. The minimum Gasteiger partial charge on any atom is -0.457 e. The molecule has 0 fully saturated rings. The van der Waals surface area contributed by atoms with E-state index in [1.54, 1.807) is 48.7 Å². The minimum atomic E-state index is -4.54. The predicted octanol–water partition coefficient (Wildman–Crippen LogP) is 7.53. The molecule has 37 heavy (non-hydrogen) atoms. The number of hydrogen-bond acceptors (Lipinski definition) is 3. The van der Waals surface area contributed by atoms with Gasteiger partial charge in [0.05, 0.1) is 27.8 Å². The highest BCUT2D eigenvalue weighted by molar-refractivity contribution is 7.85. The van der Waals surface area contributed by atoms with E-state index >= 15 is 0 Å². The van der Waals surface area contributed by atoms with Crippen LogP contribution >= 0.6 is 0 Å². The molecule has 0 aliphatic heterocycles. The van der Waals surface area contributed by atoms with Gasteiger partial charge in [0.2, 0.25) is 0 Å². The molecule has 0 bridgehead atoms. The first-order chi connectivity index (χ1) is 17.8. The molecular weight excluding hydrogens is 497 g/mol. The van der Waals surface area contributed by atoms with Crippen LogP contribution in [-0.4, -0.2) is 19.3 Å². The summed E-state index contributed by atoms with van der Waals surface area (Å²) in [5.41, 5.74) is 1.77. The van der Waals surface area contributed by atoms with Gasteiger partial charge >= 0.3 is 6.18 Å². The lowest BCUT2D eigenvalue weighted by atomic mass is 10.0. The summed E-state index contributed by atoms with van der Waals surface area (Å²) in [7, 11) is -1.12. The Kier molecular flexibility index (Phi) is 6.84. The standard InChI is InChI=1S/C29H23F3N2O2S/c1-2-37(35)24-14-7-13-23(19-24)36-22-12-6-11-21(18-22)27-26(17-20-9-4-3-5-10-20)33-28-25(29(30,31)32)15-8-16-34(27)28/h3-16,18-19H,2,17H2,1H3. The molecular formula is C29H23F3N2O2S. The molecule has 0 saturated carbocycles. The second-order valence-electron chi connectivity index (χ2n) is 8.42. The van der Waals surface area contributed by atoms with E-state index in [2.05, 4.69) is 4.98 Å². The van der Waals surface area contributed by atoms with Gasteiger partial charge in [-0.25, -0.2) is 4.98 Å². The Hall–Kier alpha value is -3.91. The second kappa shape index (κ2) is 10.2. The fourth-order valence-corrected chi connectivity index (χ4v) is 5.05. The number of alkyl halides is 3. The van der Waals surface area contributed by atoms with Crippen molar-refractivity contribution < 1.29 is 22.1 Å². The number of halogens is 3. The van der Waals surface area contributed by atoms with E-state index in [4.69, 9.17) is 4.74 Å². The van der Waals surface area contributed by atoms with Crippen LogP contribution in [0.1, 0.15) is 23.7 Å². The predicted molar refractivity (Wildman–Crippen MR) is 138 cm³/mol. The number of aromatic nitrogens is 2. The summed E-state index contributed by atoms with van der Waals surface area (Å²) >= 11 is 0. The molecule has 0 aliphatic carbocycles. The molecule has 0 N–H and O–H groups in total. The van der Waals surface area contributed by atoms with Crippen LogP contribution in [0.5, 0.6) is 11.5 Å². The Labute approximate surface area is 214 Å². The quantitative estimate of drug-likeness (QED) is 0.223. The monoisotopic (exact) mass is 520 g/mol. The Bertz CT molecular complexity index is 1580. The van der Waals surface area contributed by atoms with Gasteiger partial charge in [0.1, 0.15) is 17.1 Å². The minimum absolute atomic E-state index is 0.142. The number of rotatable bonds is 7. The van der Waals surface area contributed by atoms with Gasteiger partial charge in [-0.15, -0.1) is 0 Å². The number of pyridine rings is 1. The molecule has 5 aromatic rings. The van der Waals surface area contributed by atoms with Crippen molar-refractivity contribution in [3.63, 3.8) is 0 Å². The number of fused-ring (bicyclic) bond motifs is 1. The van der Waals surface area contributed by atoms with Crippen LogP contribution in [0.4, 0.5) is 13.2 Å². The van der Waals surface area contributed by atoms with Crippen molar-refractivity contribution in [2.75, 3.05) is 5.75 Å². The highest BCUT2D eigenvalue weighted by Crippen LogP contribution is 2.37. The maximum absolute atomic E-state index is 13.8. The van der Waals surface area contributed by atoms with Gasteiger partial charge in [-0.05, 0) is 48.0 Å². The third kappa shape index (κ3) is 5.29. The molecule has 0 spiro atoms. The van der Waals surface area contributed by atoms with Gasteiger partial charge < -0.3 is 4.74 Å². The third-order valence-electron chi connectivity index (χ3n) is 5.92. The van der Waals surface area contributed by atoms with Crippen LogP contribution in [0.2, 0.25) is 0 Å². The van der Waals surface area contributed by atoms with Gasteiger partial charge in [0, 0.05) is 28.8 Å². The number of ether oxygens (including phenoxy) is 1. The molecule has 1 unspecified atom stereocenters. The molecule has 0 radical (unpaired) electrons. The lowest BCUT2D eigenvalue weighted by Gasteiger charge is -2.11. The SMILES string of the molecule is CCS(=O)c1cccc(Oc2cccc(-c3c(Cc4ccccc4)nc4c(C(F)(F)F)cccn34)c2)c1. The van der Waals surface area contributed by atoms with E-state index in [-0.39, 0.29) is 5.65 Å². The maximum Gasteiger partial charge on any atom is 0.419 e. The van der Waals surface area contributed by atoms with Crippen LogP contribution in [0.3, 0.4) is 0 Å². The molecule has 188 valence electrons. The highest BCUT2D eigenvalue weighted by Gasteiger charge is 2.34. The number of hydrogen-bond donors (Lipinski definition) is 0. The Morgan fingerprint density at radius 2 is 1.62 bits per heavy atom. The smallest absolute Gasteiger partial charge is 0.419 e. The number of nitrogens with zero attached hydrogens (tertiary/aromatic N) is 2. The third-order valence-corrected chi connectivity index (χ3v) is 7.22. The van der Waals surface area contributed by atoms with Crippen LogP contribution in [-0.2, 0) is 23.4 Å². The summed E-state index contributed by atoms with van der Waals surface area (Å²) in [6.45, 7) is 1.85. The second-order valence-corrected chi connectivity index (χ2v) is 10.2. The van der Waals surface area contributed by atoms with E-state index in [1.807, 2.05) is 43.3 Å². The molecule has 4 nitrogen and oxygen atoms in total. The molecule has 5 rings (SSSR count). The lowest BCUT2D eigenvalue weighted by Crippen LogP contribution is -2.07. The van der Waals surface area contributed by atoms with E-state index in [0.29, 0.717) is 45.5 Å². The average molecular weight is 521 g/mol. The van der Waals surface area contributed by atoms with Crippen molar-refractivity contribution in [3.8, 4) is 22.8 Å². The maximum atomic E-state index is 13.8. The summed E-state index contributed by atoms with van der Waals surface area (Å²) in [5, 5.41) is 0. The van der Waals surface area contributed by atoms with Gasteiger partial charge in [0.25, 0.3) is 0 Å². The summed E-state index contributed by atoms with van der Waals surface area (Å²) in [4.78, 5) is 5.14. The summed E-state index contributed by atoms with van der Waals surface area (Å²) in [6, 6.07) is 26.2. The summed E-state index contributed by atoms with van der Waals surface area (Å²) in [6.07, 6.45) is -2.58. The molecule has 8 heteroatoms. The van der Waals surface area contributed by atoms with Crippen molar-refractivity contribution in [2.45, 2.75) is 24.4 Å². The fourth-order valence-electron chi connectivity index (χ4n) is 4.24. The Balaban J connectivity index is 1.60. The first kappa shape index (κ1) is 24.8. The van der Waals surface area contributed by atoms with Crippen molar-refractivity contribution in [2.24, 2.45) is 0 Å². The normalized spacial score (nSPS) is 12.5. The number of benzene rings is 3. The van der Waals surface area contributed by atoms with Gasteiger partial charge in [0.15, 0.2) is 0 Å². The molecule has 3 aromatic carbocycles. The zero-order valence-electron chi connectivity index (χ0n) is 19.9. The van der Waals surface area contributed by atoms with Crippen molar-refractivity contribution in [1.82, 2.24) is 9.38 Å². The molecule has 2 heterocycles. The van der Waals surface area contributed by atoms with E-state index in [0.717, 1.165) is 11.6 Å². The largest absolute Gasteiger partial charge is 0.457 e. The first-order valence-corrected chi connectivity index (χ1v) is 13.0. The first-order valence-electron chi connectivity index (χ1n) is 11.7. The molecule has 0 amide bonds. The topological polar surface area (TPSA) is 43.6 Å². The zero-order chi connectivity index (χ0) is 26.0. The van der Waals surface area contributed by atoms with Gasteiger partial charge in [-0.1, -0.05) is 55.5 Å².